The van der Waals surface area contributed by atoms with Crippen LogP contribution in [0.4, 0.5) is 0 Å². The predicted octanol–water partition coefficient (Wildman–Crippen LogP) is 2.37. The molecule has 0 fully saturated rings. The van der Waals surface area contributed by atoms with E-state index in [9.17, 15) is 9.59 Å². The molecule has 0 aliphatic rings. The highest BCUT2D eigenvalue weighted by molar-refractivity contribution is 5.89. The van der Waals surface area contributed by atoms with Gasteiger partial charge in [-0.3, -0.25) is 9.59 Å². The molecule has 3 N–H and O–H groups in total. The average Bonchev–Trinajstić information content (AvgIpc) is 2.63. The fourth-order valence-electron chi connectivity index (χ4n) is 2.71. The van der Waals surface area contributed by atoms with Crippen LogP contribution in [0.15, 0.2) is 60.7 Å². The summed E-state index contributed by atoms with van der Waals surface area (Å²) in [4.78, 5) is 24.2. The van der Waals surface area contributed by atoms with Gasteiger partial charge in [-0.05, 0) is 30.4 Å². The summed E-state index contributed by atoms with van der Waals surface area (Å²) in [5.74, 6) is -0.901. The van der Waals surface area contributed by atoms with Gasteiger partial charge in [-0.25, -0.2) is 0 Å². The SMILES string of the molecule is CO[C@H](C(=O)N[C@@H](CCCc1ccccc1)C(N)=O)c1ccccc1. The Morgan fingerprint density at radius 3 is 2.20 bits per heavy atom. The normalized spacial score (nSPS) is 13.0. The van der Waals surface area contributed by atoms with Gasteiger partial charge >= 0.3 is 0 Å². The average molecular weight is 340 g/mol. The van der Waals surface area contributed by atoms with Crippen molar-refractivity contribution in [3.8, 4) is 0 Å². The van der Waals surface area contributed by atoms with Gasteiger partial charge in [0, 0.05) is 7.11 Å². The number of carbonyl (C=O) groups excluding carboxylic acids is 2. The molecule has 0 bridgehead atoms. The highest BCUT2D eigenvalue weighted by atomic mass is 16.5. The van der Waals surface area contributed by atoms with Crippen LogP contribution in [0.25, 0.3) is 0 Å². The molecule has 0 saturated heterocycles. The van der Waals surface area contributed by atoms with Crippen LogP contribution < -0.4 is 11.1 Å². The Balaban J connectivity index is 1.93. The van der Waals surface area contributed by atoms with E-state index in [1.807, 2.05) is 60.7 Å². The Hall–Kier alpha value is -2.66. The minimum atomic E-state index is -0.767. The van der Waals surface area contributed by atoms with E-state index in [2.05, 4.69) is 5.32 Å². The first kappa shape index (κ1) is 18.7. The summed E-state index contributed by atoms with van der Waals surface area (Å²) < 4.78 is 5.29. The van der Waals surface area contributed by atoms with Crippen LogP contribution in [0.2, 0.25) is 0 Å². The number of aryl methyl sites for hydroxylation is 1. The zero-order valence-electron chi connectivity index (χ0n) is 14.4. The second-order valence-electron chi connectivity index (χ2n) is 5.87. The molecule has 0 radical (unpaired) electrons. The molecule has 0 aliphatic heterocycles. The first-order valence-electron chi connectivity index (χ1n) is 8.33. The standard InChI is InChI=1S/C20H24N2O3/c1-25-18(16-12-6-3-7-13-16)20(24)22-17(19(21)23)14-8-11-15-9-4-2-5-10-15/h2-7,9-10,12-13,17-18H,8,11,14H2,1H3,(H2,21,23)(H,22,24)/t17-,18-/m0/s1. The summed E-state index contributed by atoms with van der Waals surface area (Å²) in [6.07, 6.45) is 1.30. The Labute approximate surface area is 148 Å². The lowest BCUT2D eigenvalue weighted by molar-refractivity contribution is -0.135. The monoisotopic (exact) mass is 340 g/mol. The Morgan fingerprint density at radius 1 is 1.04 bits per heavy atom. The number of ether oxygens (including phenoxy) is 1. The number of hydrogen-bond acceptors (Lipinski definition) is 3. The topological polar surface area (TPSA) is 81.4 Å². The molecule has 5 heteroatoms. The number of primary amides is 1. The number of hydrogen-bond donors (Lipinski definition) is 2. The van der Waals surface area contributed by atoms with Gasteiger partial charge in [-0.1, -0.05) is 60.7 Å². The highest BCUT2D eigenvalue weighted by Crippen LogP contribution is 2.17. The lowest BCUT2D eigenvalue weighted by atomic mass is 10.0. The summed E-state index contributed by atoms with van der Waals surface area (Å²) in [5.41, 5.74) is 7.37. The number of rotatable bonds is 9. The van der Waals surface area contributed by atoms with Gasteiger partial charge in [-0.15, -0.1) is 0 Å². The largest absolute Gasteiger partial charge is 0.368 e. The Morgan fingerprint density at radius 2 is 1.64 bits per heavy atom. The van der Waals surface area contributed by atoms with Gasteiger partial charge in [0.25, 0.3) is 5.91 Å². The molecule has 0 saturated carbocycles. The summed E-state index contributed by atoms with van der Waals surface area (Å²) in [6, 6.07) is 18.4. The van der Waals surface area contributed by atoms with Crippen LogP contribution in [0.1, 0.15) is 30.1 Å². The van der Waals surface area contributed by atoms with Crippen molar-refractivity contribution in [1.29, 1.82) is 0 Å². The number of nitrogens with one attached hydrogen (secondary N) is 1. The maximum absolute atomic E-state index is 12.5. The van der Waals surface area contributed by atoms with Crippen molar-refractivity contribution in [3.63, 3.8) is 0 Å². The van der Waals surface area contributed by atoms with Crippen molar-refractivity contribution < 1.29 is 14.3 Å². The smallest absolute Gasteiger partial charge is 0.254 e. The van der Waals surface area contributed by atoms with Crippen molar-refractivity contribution in [2.45, 2.75) is 31.4 Å². The summed E-state index contributed by atoms with van der Waals surface area (Å²) in [5, 5.41) is 2.71. The molecule has 0 unspecified atom stereocenters. The van der Waals surface area contributed by atoms with Crippen LogP contribution in [-0.4, -0.2) is 25.0 Å². The number of amides is 2. The molecule has 5 nitrogen and oxygen atoms in total. The van der Waals surface area contributed by atoms with E-state index in [1.54, 1.807) is 0 Å². The summed E-state index contributed by atoms with van der Waals surface area (Å²) in [6.45, 7) is 0. The van der Waals surface area contributed by atoms with E-state index in [4.69, 9.17) is 10.5 Å². The second kappa shape index (κ2) is 9.59. The second-order valence-corrected chi connectivity index (χ2v) is 5.87. The molecule has 25 heavy (non-hydrogen) atoms. The maximum atomic E-state index is 12.5. The zero-order chi connectivity index (χ0) is 18.1. The number of benzene rings is 2. The maximum Gasteiger partial charge on any atom is 0.254 e. The van der Waals surface area contributed by atoms with E-state index in [0.717, 1.165) is 18.4 Å². The van der Waals surface area contributed by atoms with Crippen LogP contribution >= 0.6 is 0 Å². The molecule has 0 aromatic heterocycles. The number of nitrogens with two attached hydrogens (primary N) is 1. The van der Waals surface area contributed by atoms with E-state index >= 15 is 0 Å². The molecule has 2 rings (SSSR count). The lowest BCUT2D eigenvalue weighted by Gasteiger charge is -2.20. The van der Waals surface area contributed by atoms with Crippen molar-refractivity contribution in [3.05, 3.63) is 71.8 Å². The third kappa shape index (κ3) is 5.72. The quantitative estimate of drug-likeness (QED) is 0.735. The van der Waals surface area contributed by atoms with E-state index in [1.165, 1.54) is 12.7 Å². The van der Waals surface area contributed by atoms with Gasteiger partial charge in [0.05, 0.1) is 0 Å². The molecule has 2 aromatic rings. The van der Waals surface area contributed by atoms with Crippen molar-refractivity contribution in [1.82, 2.24) is 5.32 Å². The van der Waals surface area contributed by atoms with Crippen molar-refractivity contribution in [2.24, 2.45) is 5.73 Å². The molecule has 0 aliphatic carbocycles. The van der Waals surface area contributed by atoms with Crippen LogP contribution in [0.5, 0.6) is 0 Å². The minimum absolute atomic E-state index is 0.364. The summed E-state index contributed by atoms with van der Waals surface area (Å²) in [7, 11) is 1.46. The molecule has 132 valence electrons. The van der Waals surface area contributed by atoms with Gasteiger partial charge < -0.3 is 15.8 Å². The van der Waals surface area contributed by atoms with E-state index in [0.29, 0.717) is 6.42 Å². The van der Waals surface area contributed by atoms with E-state index < -0.39 is 18.1 Å². The van der Waals surface area contributed by atoms with Crippen molar-refractivity contribution >= 4 is 11.8 Å². The first-order valence-corrected chi connectivity index (χ1v) is 8.33. The van der Waals surface area contributed by atoms with Crippen LogP contribution in [-0.2, 0) is 20.7 Å². The zero-order valence-corrected chi connectivity index (χ0v) is 14.4. The predicted molar refractivity (Wildman–Crippen MR) is 96.7 cm³/mol. The molecule has 2 aromatic carbocycles. The van der Waals surface area contributed by atoms with Crippen LogP contribution in [0.3, 0.4) is 0 Å². The Bertz CT molecular complexity index is 674. The third-order valence-corrected chi connectivity index (χ3v) is 4.04. The molecular weight excluding hydrogens is 316 g/mol. The number of methoxy groups -OCH3 is 1. The molecule has 0 spiro atoms. The Kier molecular flexibility index (Phi) is 7.16. The third-order valence-electron chi connectivity index (χ3n) is 4.04. The summed E-state index contributed by atoms with van der Waals surface area (Å²) >= 11 is 0. The molecule has 0 heterocycles. The van der Waals surface area contributed by atoms with E-state index in [-0.39, 0.29) is 5.91 Å². The molecule has 2 amide bonds. The molecule has 2 atom stereocenters. The van der Waals surface area contributed by atoms with Crippen molar-refractivity contribution in [2.75, 3.05) is 7.11 Å². The fraction of sp³-hybridized carbons (Fsp3) is 0.300. The fourth-order valence-corrected chi connectivity index (χ4v) is 2.71. The number of carbonyl (C=O) groups is 2. The van der Waals surface area contributed by atoms with Gasteiger partial charge in [-0.2, -0.15) is 0 Å². The van der Waals surface area contributed by atoms with Gasteiger partial charge in [0.2, 0.25) is 5.91 Å². The first-order chi connectivity index (χ1) is 12.1. The molecular formula is C20H24N2O3. The van der Waals surface area contributed by atoms with Crippen LogP contribution in [0, 0.1) is 0 Å². The van der Waals surface area contributed by atoms with Gasteiger partial charge in [0.1, 0.15) is 6.04 Å². The van der Waals surface area contributed by atoms with Gasteiger partial charge in [0.15, 0.2) is 6.10 Å². The minimum Gasteiger partial charge on any atom is -0.368 e. The lowest BCUT2D eigenvalue weighted by Crippen LogP contribution is -2.46. The highest BCUT2D eigenvalue weighted by Gasteiger charge is 2.25.